The van der Waals surface area contributed by atoms with E-state index < -0.39 is 11.5 Å². The Morgan fingerprint density at radius 3 is 2.81 bits per heavy atom. The quantitative estimate of drug-likeness (QED) is 0.842. The molecule has 1 aromatic heterocycles. The Labute approximate surface area is 125 Å². The number of aromatic amines is 1. The van der Waals surface area contributed by atoms with Crippen LogP contribution in [-0.2, 0) is 11.2 Å². The summed E-state index contributed by atoms with van der Waals surface area (Å²) in [5.74, 6) is -0.493. The van der Waals surface area contributed by atoms with Gasteiger partial charge in [0.15, 0.2) is 4.77 Å². The van der Waals surface area contributed by atoms with E-state index in [0.29, 0.717) is 17.1 Å². The van der Waals surface area contributed by atoms with E-state index >= 15 is 0 Å². The molecule has 1 aromatic carbocycles. The number of carboxylic acids is 1. The largest absolute Gasteiger partial charge is 0.497 e. The number of aromatic nitrogens is 2. The van der Waals surface area contributed by atoms with Crippen LogP contribution in [0.15, 0.2) is 29.1 Å². The second-order valence-corrected chi connectivity index (χ2v) is 4.83. The SMILES string of the molecule is COc1cccc(-n2c(=S)[nH]c(C)c(CC(=O)O)c2=O)c1. The van der Waals surface area contributed by atoms with Gasteiger partial charge >= 0.3 is 5.97 Å². The third-order valence-corrected chi connectivity index (χ3v) is 3.34. The van der Waals surface area contributed by atoms with Crippen molar-refractivity contribution in [2.45, 2.75) is 13.3 Å². The van der Waals surface area contributed by atoms with E-state index in [1.165, 1.54) is 11.7 Å². The van der Waals surface area contributed by atoms with Crippen LogP contribution in [0.25, 0.3) is 5.69 Å². The van der Waals surface area contributed by atoms with Crippen LogP contribution < -0.4 is 10.3 Å². The number of nitrogens with zero attached hydrogens (tertiary/aromatic N) is 1. The van der Waals surface area contributed by atoms with Crippen LogP contribution in [0.3, 0.4) is 0 Å². The minimum absolute atomic E-state index is 0.180. The molecule has 0 fully saturated rings. The Morgan fingerprint density at radius 1 is 1.48 bits per heavy atom. The van der Waals surface area contributed by atoms with Gasteiger partial charge in [-0.1, -0.05) is 6.07 Å². The van der Waals surface area contributed by atoms with Crippen LogP contribution in [0.4, 0.5) is 0 Å². The summed E-state index contributed by atoms with van der Waals surface area (Å²) < 4.78 is 6.60. The molecule has 0 radical (unpaired) electrons. The average molecular weight is 306 g/mol. The number of H-pyrrole nitrogens is 1. The van der Waals surface area contributed by atoms with Crippen molar-refractivity contribution >= 4 is 18.2 Å². The lowest BCUT2D eigenvalue weighted by atomic mass is 10.1. The first-order valence-electron chi connectivity index (χ1n) is 6.15. The van der Waals surface area contributed by atoms with E-state index in [1.807, 2.05) is 0 Å². The summed E-state index contributed by atoms with van der Waals surface area (Å²) in [7, 11) is 1.52. The molecule has 2 aromatic rings. The van der Waals surface area contributed by atoms with Crippen molar-refractivity contribution in [1.29, 1.82) is 0 Å². The van der Waals surface area contributed by atoms with Gasteiger partial charge in [0, 0.05) is 17.3 Å². The van der Waals surface area contributed by atoms with Gasteiger partial charge in [-0.2, -0.15) is 0 Å². The van der Waals surface area contributed by atoms with Gasteiger partial charge in [0.1, 0.15) is 5.75 Å². The number of aliphatic carboxylic acids is 1. The van der Waals surface area contributed by atoms with Crippen molar-refractivity contribution in [2.24, 2.45) is 0 Å². The standard InChI is InChI=1S/C14H14N2O4S/c1-8-11(7-12(17)18)13(19)16(14(21)15-8)9-4-3-5-10(6-9)20-2/h3-6H,7H2,1-2H3,(H,15,21)(H,17,18). The zero-order chi connectivity index (χ0) is 15.6. The van der Waals surface area contributed by atoms with Crippen LogP contribution in [0, 0.1) is 11.7 Å². The first-order valence-corrected chi connectivity index (χ1v) is 6.56. The molecule has 6 nitrogen and oxygen atoms in total. The van der Waals surface area contributed by atoms with Crippen LogP contribution in [0.2, 0.25) is 0 Å². The Morgan fingerprint density at radius 2 is 2.19 bits per heavy atom. The van der Waals surface area contributed by atoms with Gasteiger partial charge in [0.05, 0.1) is 19.2 Å². The first-order chi connectivity index (χ1) is 9.93. The molecule has 0 atom stereocenters. The van der Waals surface area contributed by atoms with Crippen molar-refractivity contribution in [3.8, 4) is 11.4 Å². The number of carboxylic acid groups (broad SMARTS) is 1. The molecule has 0 spiro atoms. The molecule has 0 aliphatic heterocycles. The molecule has 0 amide bonds. The van der Waals surface area contributed by atoms with Crippen molar-refractivity contribution < 1.29 is 14.6 Å². The average Bonchev–Trinajstić information content (AvgIpc) is 2.43. The summed E-state index contributed by atoms with van der Waals surface area (Å²) in [5, 5.41) is 8.92. The number of benzene rings is 1. The van der Waals surface area contributed by atoms with E-state index in [1.54, 1.807) is 31.2 Å². The topological polar surface area (TPSA) is 84.3 Å². The fourth-order valence-electron chi connectivity index (χ4n) is 2.02. The van der Waals surface area contributed by atoms with Crippen LogP contribution in [0.1, 0.15) is 11.3 Å². The monoisotopic (exact) mass is 306 g/mol. The second-order valence-electron chi connectivity index (χ2n) is 4.45. The zero-order valence-corrected chi connectivity index (χ0v) is 12.4. The van der Waals surface area contributed by atoms with Crippen LogP contribution in [-0.4, -0.2) is 27.7 Å². The molecule has 7 heteroatoms. The molecule has 21 heavy (non-hydrogen) atoms. The normalized spacial score (nSPS) is 10.4. The predicted molar refractivity (Wildman–Crippen MR) is 79.9 cm³/mol. The molecule has 110 valence electrons. The number of methoxy groups -OCH3 is 1. The maximum absolute atomic E-state index is 12.5. The highest BCUT2D eigenvalue weighted by atomic mass is 32.1. The smallest absolute Gasteiger partial charge is 0.308 e. The second kappa shape index (κ2) is 5.92. The van der Waals surface area contributed by atoms with Gasteiger partial charge in [-0.05, 0) is 31.3 Å². The number of hydrogen-bond donors (Lipinski definition) is 2. The van der Waals surface area contributed by atoms with Crippen molar-refractivity contribution in [3.05, 3.63) is 50.6 Å². The number of ether oxygens (including phenoxy) is 1. The lowest BCUT2D eigenvalue weighted by Crippen LogP contribution is -2.27. The highest BCUT2D eigenvalue weighted by molar-refractivity contribution is 7.71. The number of aryl methyl sites for hydroxylation is 1. The summed E-state index contributed by atoms with van der Waals surface area (Å²) >= 11 is 5.18. The van der Waals surface area contributed by atoms with Crippen LogP contribution >= 0.6 is 12.2 Å². The summed E-state index contributed by atoms with van der Waals surface area (Å²) in [4.78, 5) is 26.3. The number of carbonyl (C=O) groups is 1. The predicted octanol–water partition coefficient (Wildman–Crippen LogP) is 1.84. The lowest BCUT2D eigenvalue weighted by molar-refractivity contribution is -0.136. The van der Waals surface area contributed by atoms with Crippen molar-refractivity contribution in [3.63, 3.8) is 0 Å². The summed E-state index contributed by atoms with van der Waals surface area (Å²) in [6.45, 7) is 1.63. The molecule has 0 unspecified atom stereocenters. The highest BCUT2D eigenvalue weighted by Gasteiger charge is 2.14. The minimum atomic E-state index is -1.07. The summed E-state index contributed by atoms with van der Waals surface area (Å²) in [6.07, 6.45) is -0.360. The molecule has 2 N–H and O–H groups in total. The lowest BCUT2D eigenvalue weighted by Gasteiger charge is -2.11. The molecule has 1 heterocycles. The van der Waals surface area contributed by atoms with E-state index in [2.05, 4.69) is 4.98 Å². The molecule has 0 saturated carbocycles. The summed E-state index contributed by atoms with van der Waals surface area (Å²) in [6, 6.07) is 6.83. The van der Waals surface area contributed by atoms with Crippen LogP contribution in [0.5, 0.6) is 5.75 Å². The minimum Gasteiger partial charge on any atom is -0.497 e. The van der Waals surface area contributed by atoms with Gasteiger partial charge in [-0.25, -0.2) is 0 Å². The molecular formula is C14H14N2O4S. The summed E-state index contributed by atoms with van der Waals surface area (Å²) in [5.41, 5.74) is 0.726. The third kappa shape index (κ3) is 3.03. The Kier molecular flexibility index (Phi) is 4.23. The fourth-order valence-corrected chi connectivity index (χ4v) is 2.36. The van der Waals surface area contributed by atoms with Crippen molar-refractivity contribution in [2.75, 3.05) is 7.11 Å². The van der Waals surface area contributed by atoms with Gasteiger partial charge in [0.25, 0.3) is 5.56 Å². The van der Waals surface area contributed by atoms with Gasteiger partial charge in [-0.3, -0.25) is 14.2 Å². The van der Waals surface area contributed by atoms with E-state index in [9.17, 15) is 9.59 Å². The van der Waals surface area contributed by atoms with E-state index in [0.717, 1.165) is 0 Å². The maximum Gasteiger partial charge on any atom is 0.308 e. The highest BCUT2D eigenvalue weighted by Crippen LogP contribution is 2.16. The van der Waals surface area contributed by atoms with Gasteiger partial charge < -0.3 is 14.8 Å². The fraction of sp³-hybridized carbons (Fsp3) is 0.214. The number of nitrogens with one attached hydrogen (secondary N) is 1. The number of hydrogen-bond acceptors (Lipinski definition) is 4. The molecule has 0 bridgehead atoms. The molecule has 0 aliphatic carbocycles. The first kappa shape index (κ1) is 15.0. The third-order valence-electron chi connectivity index (χ3n) is 3.05. The Hall–Kier alpha value is -2.41. The maximum atomic E-state index is 12.5. The Bertz CT molecular complexity index is 807. The van der Waals surface area contributed by atoms with E-state index in [-0.39, 0.29) is 16.8 Å². The molecule has 0 saturated heterocycles. The molecular weight excluding hydrogens is 292 g/mol. The molecule has 0 aliphatic rings. The number of rotatable bonds is 4. The molecule has 2 rings (SSSR count). The zero-order valence-electron chi connectivity index (χ0n) is 11.5. The Balaban J connectivity index is 2.71. The van der Waals surface area contributed by atoms with Gasteiger partial charge in [-0.15, -0.1) is 0 Å². The van der Waals surface area contributed by atoms with E-state index in [4.69, 9.17) is 22.1 Å². The van der Waals surface area contributed by atoms with Gasteiger partial charge in [0.2, 0.25) is 0 Å². The van der Waals surface area contributed by atoms with Crippen molar-refractivity contribution in [1.82, 2.24) is 9.55 Å².